The Morgan fingerprint density at radius 2 is 1.59 bits per heavy atom. The van der Waals surface area contributed by atoms with Gasteiger partial charge in [0.25, 0.3) is 5.91 Å². The van der Waals surface area contributed by atoms with Crippen LogP contribution in [0.5, 0.6) is 5.75 Å². The highest BCUT2D eigenvalue weighted by Crippen LogP contribution is 2.15. The van der Waals surface area contributed by atoms with E-state index in [9.17, 15) is 9.59 Å². The second kappa shape index (κ2) is 9.88. The summed E-state index contributed by atoms with van der Waals surface area (Å²) in [6.45, 7) is 4.05. The van der Waals surface area contributed by atoms with Crippen molar-refractivity contribution in [1.82, 2.24) is 10.2 Å². The zero-order chi connectivity index (χ0) is 18.9. The number of rotatable bonds is 9. The SMILES string of the molecule is O=C(COc1ccc(C(=O)c2ccccc2)cc1)NCCCN1CCCC1. The van der Waals surface area contributed by atoms with E-state index in [4.69, 9.17) is 4.74 Å². The van der Waals surface area contributed by atoms with Crippen molar-refractivity contribution in [1.29, 1.82) is 0 Å². The van der Waals surface area contributed by atoms with E-state index in [0.29, 0.717) is 23.4 Å². The van der Waals surface area contributed by atoms with E-state index in [1.165, 1.54) is 25.9 Å². The van der Waals surface area contributed by atoms with E-state index in [2.05, 4.69) is 10.2 Å². The molecule has 1 amide bonds. The van der Waals surface area contributed by atoms with Crippen molar-refractivity contribution in [2.75, 3.05) is 32.8 Å². The van der Waals surface area contributed by atoms with Crippen LogP contribution in [0.25, 0.3) is 0 Å². The Labute approximate surface area is 160 Å². The molecule has 1 fully saturated rings. The Morgan fingerprint density at radius 1 is 0.926 bits per heavy atom. The Bertz CT molecular complexity index is 738. The van der Waals surface area contributed by atoms with E-state index >= 15 is 0 Å². The minimum atomic E-state index is -0.124. The summed E-state index contributed by atoms with van der Waals surface area (Å²) in [5.74, 6) is 0.422. The molecule has 1 heterocycles. The Morgan fingerprint density at radius 3 is 2.30 bits per heavy atom. The predicted molar refractivity (Wildman–Crippen MR) is 105 cm³/mol. The van der Waals surface area contributed by atoms with Crippen LogP contribution in [0.2, 0.25) is 0 Å². The number of benzene rings is 2. The van der Waals surface area contributed by atoms with Crippen LogP contribution in [0.15, 0.2) is 54.6 Å². The zero-order valence-electron chi connectivity index (χ0n) is 15.5. The molecule has 0 unspecified atom stereocenters. The van der Waals surface area contributed by atoms with Crippen molar-refractivity contribution < 1.29 is 14.3 Å². The van der Waals surface area contributed by atoms with Crippen LogP contribution < -0.4 is 10.1 Å². The summed E-state index contributed by atoms with van der Waals surface area (Å²) < 4.78 is 5.50. The molecule has 0 aromatic heterocycles. The van der Waals surface area contributed by atoms with Gasteiger partial charge in [-0.3, -0.25) is 9.59 Å². The topological polar surface area (TPSA) is 58.6 Å². The third-order valence-corrected chi connectivity index (χ3v) is 4.69. The lowest BCUT2D eigenvalue weighted by molar-refractivity contribution is -0.123. The van der Waals surface area contributed by atoms with Gasteiger partial charge in [0.2, 0.25) is 0 Å². The van der Waals surface area contributed by atoms with Gasteiger partial charge in [0.1, 0.15) is 5.75 Å². The minimum Gasteiger partial charge on any atom is -0.484 e. The van der Waals surface area contributed by atoms with Crippen molar-refractivity contribution >= 4 is 11.7 Å². The van der Waals surface area contributed by atoms with Crippen LogP contribution in [0.1, 0.15) is 35.2 Å². The first kappa shape index (κ1) is 19.1. The van der Waals surface area contributed by atoms with Crippen LogP contribution in [0, 0.1) is 0 Å². The summed E-state index contributed by atoms with van der Waals surface area (Å²) in [6, 6.07) is 16.0. The zero-order valence-corrected chi connectivity index (χ0v) is 15.5. The molecule has 2 aromatic rings. The molecule has 0 radical (unpaired) electrons. The van der Waals surface area contributed by atoms with Gasteiger partial charge in [-0.15, -0.1) is 0 Å². The maximum absolute atomic E-state index is 12.4. The van der Waals surface area contributed by atoms with Crippen molar-refractivity contribution in [3.63, 3.8) is 0 Å². The molecule has 1 saturated heterocycles. The Kier molecular flexibility index (Phi) is 6.99. The van der Waals surface area contributed by atoms with Crippen molar-refractivity contribution in [3.8, 4) is 5.75 Å². The van der Waals surface area contributed by atoms with E-state index in [1.54, 1.807) is 36.4 Å². The molecular weight excluding hydrogens is 340 g/mol. The maximum atomic E-state index is 12.4. The number of carbonyl (C=O) groups excluding carboxylic acids is 2. The fraction of sp³-hybridized carbons (Fsp3) is 0.364. The molecular formula is C22H26N2O3. The predicted octanol–water partition coefficient (Wildman–Crippen LogP) is 2.90. The van der Waals surface area contributed by atoms with E-state index < -0.39 is 0 Å². The average molecular weight is 366 g/mol. The molecule has 5 nitrogen and oxygen atoms in total. The highest BCUT2D eigenvalue weighted by Gasteiger charge is 2.11. The molecule has 1 N–H and O–H groups in total. The fourth-order valence-corrected chi connectivity index (χ4v) is 3.20. The number of ether oxygens (including phenoxy) is 1. The third kappa shape index (κ3) is 5.93. The second-order valence-corrected chi connectivity index (χ2v) is 6.76. The van der Waals surface area contributed by atoms with Crippen molar-refractivity contribution in [3.05, 3.63) is 65.7 Å². The van der Waals surface area contributed by atoms with Crippen LogP contribution in [0.3, 0.4) is 0 Å². The molecule has 0 bridgehead atoms. The number of likely N-dealkylation sites (tertiary alicyclic amines) is 1. The highest BCUT2D eigenvalue weighted by atomic mass is 16.5. The van der Waals surface area contributed by atoms with Gasteiger partial charge in [0.15, 0.2) is 12.4 Å². The number of hydrogen-bond acceptors (Lipinski definition) is 4. The molecule has 0 spiro atoms. The molecule has 0 atom stereocenters. The molecule has 0 aliphatic carbocycles. The van der Waals surface area contributed by atoms with Crippen LogP contribution in [-0.4, -0.2) is 49.4 Å². The highest BCUT2D eigenvalue weighted by molar-refractivity contribution is 6.08. The lowest BCUT2D eigenvalue weighted by Crippen LogP contribution is -2.32. The lowest BCUT2D eigenvalue weighted by atomic mass is 10.0. The molecule has 1 aliphatic rings. The average Bonchev–Trinajstić information content (AvgIpc) is 3.24. The number of hydrogen-bond donors (Lipinski definition) is 1. The van der Waals surface area contributed by atoms with Gasteiger partial charge in [-0.1, -0.05) is 30.3 Å². The van der Waals surface area contributed by atoms with Crippen molar-refractivity contribution in [2.45, 2.75) is 19.3 Å². The van der Waals surface area contributed by atoms with E-state index in [0.717, 1.165) is 13.0 Å². The van der Waals surface area contributed by atoms with Gasteiger partial charge in [-0.05, 0) is 63.2 Å². The number of nitrogens with one attached hydrogen (secondary N) is 1. The second-order valence-electron chi connectivity index (χ2n) is 6.76. The quantitative estimate of drug-likeness (QED) is 0.548. The molecule has 1 aliphatic heterocycles. The summed E-state index contributed by atoms with van der Waals surface area (Å²) in [5, 5.41) is 2.88. The Hall–Kier alpha value is -2.66. The summed E-state index contributed by atoms with van der Waals surface area (Å²) >= 11 is 0. The van der Waals surface area contributed by atoms with Gasteiger partial charge in [0.05, 0.1) is 0 Å². The number of nitrogens with zero attached hydrogens (tertiary/aromatic N) is 1. The smallest absolute Gasteiger partial charge is 0.257 e. The summed E-state index contributed by atoms with van der Waals surface area (Å²) in [6.07, 6.45) is 3.54. The number of carbonyl (C=O) groups is 2. The van der Waals surface area contributed by atoms with Gasteiger partial charge in [0, 0.05) is 17.7 Å². The summed E-state index contributed by atoms with van der Waals surface area (Å²) in [4.78, 5) is 26.7. The lowest BCUT2D eigenvalue weighted by Gasteiger charge is -2.14. The molecule has 3 rings (SSSR count). The van der Waals surface area contributed by atoms with E-state index in [1.807, 2.05) is 18.2 Å². The van der Waals surface area contributed by atoms with Gasteiger partial charge >= 0.3 is 0 Å². The molecule has 2 aromatic carbocycles. The first-order valence-corrected chi connectivity index (χ1v) is 9.54. The maximum Gasteiger partial charge on any atom is 0.257 e. The molecule has 0 saturated carbocycles. The Balaban J connectivity index is 1.38. The monoisotopic (exact) mass is 366 g/mol. The fourth-order valence-electron chi connectivity index (χ4n) is 3.20. The minimum absolute atomic E-state index is 0.0182. The first-order valence-electron chi connectivity index (χ1n) is 9.54. The van der Waals surface area contributed by atoms with Crippen LogP contribution >= 0.6 is 0 Å². The standard InChI is InChI=1S/C22H26N2O3/c25-21(23-13-6-16-24-14-4-5-15-24)17-27-20-11-9-19(10-12-20)22(26)18-7-2-1-3-8-18/h1-3,7-12H,4-6,13-17H2,(H,23,25). The molecule has 142 valence electrons. The first-order chi connectivity index (χ1) is 13.2. The van der Waals surface area contributed by atoms with Gasteiger partial charge in [-0.25, -0.2) is 0 Å². The largest absolute Gasteiger partial charge is 0.484 e. The van der Waals surface area contributed by atoms with Crippen molar-refractivity contribution in [2.24, 2.45) is 0 Å². The molecule has 5 heteroatoms. The van der Waals surface area contributed by atoms with Gasteiger partial charge < -0.3 is 15.0 Å². The van der Waals surface area contributed by atoms with Crippen LogP contribution in [-0.2, 0) is 4.79 Å². The number of ketones is 1. The van der Waals surface area contributed by atoms with Gasteiger partial charge in [-0.2, -0.15) is 0 Å². The third-order valence-electron chi connectivity index (χ3n) is 4.69. The summed E-state index contributed by atoms with van der Waals surface area (Å²) in [5.41, 5.74) is 1.25. The molecule has 27 heavy (non-hydrogen) atoms. The van der Waals surface area contributed by atoms with E-state index in [-0.39, 0.29) is 18.3 Å². The van der Waals surface area contributed by atoms with Crippen LogP contribution in [0.4, 0.5) is 0 Å². The normalized spacial score (nSPS) is 14.1. The number of amides is 1. The summed E-state index contributed by atoms with van der Waals surface area (Å²) in [7, 11) is 0.